The molecule has 0 aliphatic rings. The van der Waals surface area contributed by atoms with Crippen molar-refractivity contribution in [3.63, 3.8) is 0 Å². The summed E-state index contributed by atoms with van der Waals surface area (Å²) in [5.41, 5.74) is 0. The van der Waals surface area contributed by atoms with Crippen LogP contribution in [0, 0.1) is 21.4 Å². The summed E-state index contributed by atoms with van der Waals surface area (Å²) in [7, 11) is 0. The predicted molar refractivity (Wildman–Crippen MR) is 57.1 cm³/mol. The fourth-order valence-corrected chi connectivity index (χ4v) is 1.27. The number of hydrogen-bond donors (Lipinski definition) is 1. The summed E-state index contributed by atoms with van der Waals surface area (Å²) < 4.78 is 1.07. The van der Waals surface area contributed by atoms with Crippen LogP contribution in [0.1, 0.15) is 6.42 Å². The van der Waals surface area contributed by atoms with Gasteiger partial charge in [-0.15, -0.1) is 0 Å². The minimum atomic E-state index is -0.730. The van der Waals surface area contributed by atoms with Crippen molar-refractivity contribution >= 4 is 23.3 Å². The average Bonchev–Trinajstić information content (AvgIpc) is 2.60. The van der Waals surface area contributed by atoms with Gasteiger partial charge < -0.3 is 15.4 Å². The Morgan fingerprint density at radius 1 is 1.76 bits per heavy atom. The van der Waals surface area contributed by atoms with Gasteiger partial charge in [-0.3, -0.25) is 4.79 Å². The zero-order valence-corrected chi connectivity index (χ0v) is 9.35. The second-order valence-corrected chi connectivity index (χ2v) is 3.42. The molecule has 0 spiro atoms. The number of aromatic nitrogens is 2. The molecule has 0 bridgehead atoms. The maximum atomic E-state index is 11.3. The molecule has 1 rings (SSSR count). The Kier molecular flexibility index (Phi) is 4.42. The monoisotopic (exact) mass is 257 g/mol. The molecule has 0 aliphatic carbocycles. The number of rotatable bonds is 5. The molecule has 0 fully saturated rings. The number of carbonyl (C=O) groups is 1. The number of nitriles is 1. The van der Waals surface area contributed by atoms with Gasteiger partial charge in [-0.2, -0.15) is 9.94 Å². The van der Waals surface area contributed by atoms with Crippen LogP contribution in [0.2, 0.25) is 5.02 Å². The topological polar surface area (TPSA) is 114 Å². The van der Waals surface area contributed by atoms with E-state index in [2.05, 4.69) is 10.4 Å². The first-order chi connectivity index (χ1) is 8.04. The smallest absolute Gasteiger partial charge is 0.358 e. The van der Waals surface area contributed by atoms with E-state index in [0.717, 1.165) is 4.68 Å². The Labute approximate surface area is 101 Å². The van der Waals surface area contributed by atoms with Gasteiger partial charge in [0.25, 0.3) is 0 Å². The van der Waals surface area contributed by atoms with E-state index in [9.17, 15) is 14.9 Å². The SMILES string of the molecule is N#CCCNC(=O)Cn1cc(Cl)c([N+](=O)[O-])n1. The van der Waals surface area contributed by atoms with Crippen molar-refractivity contribution in [1.82, 2.24) is 15.1 Å². The largest absolute Gasteiger partial charge is 0.408 e. The third kappa shape index (κ3) is 3.73. The Balaban J connectivity index is 2.57. The van der Waals surface area contributed by atoms with Gasteiger partial charge in [0, 0.05) is 6.54 Å². The van der Waals surface area contributed by atoms with E-state index in [1.165, 1.54) is 6.20 Å². The number of amides is 1. The van der Waals surface area contributed by atoms with Crippen LogP contribution in [0.25, 0.3) is 0 Å². The molecule has 0 saturated carbocycles. The van der Waals surface area contributed by atoms with Crippen LogP contribution in [0.15, 0.2) is 6.20 Å². The molecule has 0 saturated heterocycles. The van der Waals surface area contributed by atoms with Crippen LogP contribution in [-0.2, 0) is 11.3 Å². The molecule has 1 aromatic rings. The van der Waals surface area contributed by atoms with Crippen molar-refractivity contribution in [2.24, 2.45) is 0 Å². The minimum Gasteiger partial charge on any atom is -0.358 e. The lowest BCUT2D eigenvalue weighted by Crippen LogP contribution is -2.28. The van der Waals surface area contributed by atoms with Gasteiger partial charge in [0.2, 0.25) is 5.91 Å². The van der Waals surface area contributed by atoms with E-state index in [4.69, 9.17) is 16.9 Å². The molecule has 0 radical (unpaired) electrons. The molecular weight excluding hydrogens is 250 g/mol. The first kappa shape index (κ1) is 12.9. The van der Waals surface area contributed by atoms with E-state index in [0.29, 0.717) is 0 Å². The van der Waals surface area contributed by atoms with E-state index < -0.39 is 16.6 Å². The van der Waals surface area contributed by atoms with Crippen molar-refractivity contribution < 1.29 is 9.72 Å². The highest BCUT2D eigenvalue weighted by atomic mass is 35.5. The maximum absolute atomic E-state index is 11.3. The Morgan fingerprint density at radius 3 is 3.00 bits per heavy atom. The van der Waals surface area contributed by atoms with Crippen molar-refractivity contribution in [2.75, 3.05) is 6.54 Å². The highest BCUT2D eigenvalue weighted by Crippen LogP contribution is 2.20. The van der Waals surface area contributed by atoms with Gasteiger partial charge >= 0.3 is 5.82 Å². The number of nitrogens with one attached hydrogen (secondary N) is 1. The number of nitro groups is 1. The summed E-state index contributed by atoms with van der Waals surface area (Å²) in [4.78, 5) is 21.0. The molecule has 1 N–H and O–H groups in total. The third-order valence-electron chi connectivity index (χ3n) is 1.74. The van der Waals surface area contributed by atoms with Crippen LogP contribution in [-0.4, -0.2) is 27.2 Å². The van der Waals surface area contributed by atoms with Gasteiger partial charge in [-0.1, -0.05) is 11.6 Å². The van der Waals surface area contributed by atoms with Crippen LogP contribution < -0.4 is 5.32 Å². The first-order valence-corrected chi connectivity index (χ1v) is 4.93. The van der Waals surface area contributed by atoms with Gasteiger partial charge in [0.05, 0.1) is 23.8 Å². The Hall–Kier alpha value is -2.14. The minimum absolute atomic E-state index is 0.125. The van der Waals surface area contributed by atoms with Gasteiger partial charge in [-0.05, 0) is 4.92 Å². The lowest BCUT2D eigenvalue weighted by molar-refractivity contribution is -0.389. The highest BCUT2D eigenvalue weighted by molar-refractivity contribution is 6.32. The van der Waals surface area contributed by atoms with Gasteiger partial charge in [0.1, 0.15) is 6.54 Å². The van der Waals surface area contributed by atoms with E-state index in [1.807, 2.05) is 6.07 Å². The van der Waals surface area contributed by atoms with E-state index in [1.54, 1.807) is 0 Å². The summed E-state index contributed by atoms with van der Waals surface area (Å²) in [6.07, 6.45) is 1.40. The molecular formula is C8H8ClN5O3. The van der Waals surface area contributed by atoms with Gasteiger partial charge in [0.15, 0.2) is 5.02 Å². The Morgan fingerprint density at radius 2 is 2.47 bits per heavy atom. The number of nitrogens with zero attached hydrogens (tertiary/aromatic N) is 4. The molecule has 8 nitrogen and oxygen atoms in total. The predicted octanol–water partition coefficient (Wildman–Crippen LogP) is 0.475. The van der Waals surface area contributed by atoms with Crippen molar-refractivity contribution in [2.45, 2.75) is 13.0 Å². The van der Waals surface area contributed by atoms with Crippen molar-refractivity contribution in [1.29, 1.82) is 5.26 Å². The van der Waals surface area contributed by atoms with Crippen molar-refractivity contribution in [3.8, 4) is 6.07 Å². The number of carbonyl (C=O) groups excluding carboxylic acids is 1. The number of halogens is 1. The Bertz CT molecular complexity index is 478. The molecule has 0 aromatic carbocycles. The fourth-order valence-electron chi connectivity index (χ4n) is 1.05. The lowest BCUT2D eigenvalue weighted by Gasteiger charge is -1.99. The summed E-state index contributed by atoms with van der Waals surface area (Å²) in [5.74, 6) is -0.884. The quantitative estimate of drug-likeness (QED) is 0.468. The van der Waals surface area contributed by atoms with E-state index >= 15 is 0 Å². The molecule has 0 atom stereocenters. The summed E-state index contributed by atoms with van der Waals surface area (Å²) in [5, 5.41) is 24.6. The molecule has 90 valence electrons. The fraction of sp³-hybridized carbons (Fsp3) is 0.375. The van der Waals surface area contributed by atoms with Crippen LogP contribution in [0.5, 0.6) is 0 Å². The number of hydrogen-bond acceptors (Lipinski definition) is 5. The van der Waals surface area contributed by atoms with Crippen molar-refractivity contribution in [3.05, 3.63) is 21.3 Å². The standard InChI is InChI=1S/C8H8ClN5O3/c9-6-4-13(12-8(6)14(16)17)5-7(15)11-3-1-2-10/h4H,1,3,5H2,(H,11,15). The molecule has 0 aliphatic heterocycles. The first-order valence-electron chi connectivity index (χ1n) is 4.55. The second-order valence-electron chi connectivity index (χ2n) is 3.01. The molecule has 0 unspecified atom stereocenters. The normalized spacial score (nSPS) is 9.65. The summed E-state index contributed by atoms with van der Waals surface area (Å²) >= 11 is 5.55. The van der Waals surface area contributed by atoms with E-state index in [-0.39, 0.29) is 24.5 Å². The third-order valence-corrected chi connectivity index (χ3v) is 2.00. The average molecular weight is 258 g/mol. The zero-order valence-electron chi connectivity index (χ0n) is 8.59. The van der Waals surface area contributed by atoms with Crippen LogP contribution in [0.3, 0.4) is 0 Å². The molecule has 17 heavy (non-hydrogen) atoms. The summed E-state index contributed by atoms with van der Waals surface area (Å²) in [6.45, 7) is 0.0470. The zero-order chi connectivity index (χ0) is 12.8. The molecule has 1 heterocycles. The summed E-state index contributed by atoms with van der Waals surface area (Å²) in [6, 6.07) is 1.87. The second kappa shape index (κ2) is 5.81. The maximum Gasteiger partial charge on any atom is 0.408 e. The van der Waals surface area contributed by atoms with Crippen LogP contribution >= 0.6 is 11.6 Å². The highest BCUT2D eigenvalue weighted by Gasteiger charge is 2.19. The lowest BCUT2D eigenvalue weighted by atomic mass is 10.4. The molecule has 1 aromatic heterocycles. The molecule has 9 heteroatoms. The molecule has 1 amide bonds. The van der Waals surface area contributed by atoms with Gasteiger partial charge in [-0.25, -0.2) is 0 Å². The van der Waals surface area contributed by atoms with Crippen LogP contribution in [0.4, 0.5) is 5.82 Å².